The van der Waals surface area contributed by atoms with Crippen molar-refractivity contribution in [2.24, 2.45) is 0 Å². The standard InChI is InChI=1S/C13H17NO4/c1-9-3-4-10(11(5-9)18-2)12(16)14-6-13(17,7-14)8-15/h3-5,15,17H,6-8H2,1-2H3. The number of hydrogen-bond donors (Lipinski definition) is 2. The number of benzene rings is 1. The van der Waals surface area contributed by atoms with Crippen LogP contribution in [0.5, 0.6) is 5.75 Å². The van der Waals surface area contributed by atoms with Crippen LogP contribution < -0.4 is 4.74 Å². The molecule has 5 heteroatoms. The van der Waals surface area contributed by atoms with E-state index in [1.807, 2.05) is 13.0 Å². The van der Waals surface area contributed by atoms with Crippen LogP contribution >= 0.6 is 0 Å². The van der Waals surface area contributed by atoms with E-state index in [9.17, 15) is 9.90 Å². The Labute approximate surface area is 106 Å². The SMILES string of the molecule is COc1cc(C)ccc1C(=O)N1CC(O)(CO)C1. The first kappa shape index (κ1) is 12.9. The van der Waals surface area contributed by atoms with Crippen LogP contribution in [0.1, 0.15) is 15.9 Å². The van der Waals surface area contributed by atoms with E-state index < -0.39 is 5.60 Å². The van der Waals surface area contributed by atoms with E-state index >= 15 is 0 Å². The number of β-amino-alcohol motifs (C(OH)–C–C–N with tert-alkyl or cyclic N) is 1. The normalized spacial score (nSPS) is 17.2. The van der Waals surface area contributed by atoms with Gasteiger partial charge in [-0.2, -0.15) is 0 Å². The van der Waals surface area contributed by atoms with Gasteiger partial charge in [-0.1, -0.05) is 6.07 Å². The highest BCUT2D eigenvalue weighted by Crippen LogP contribution is 2.27. The zero-order valence-electron chi connectivity index (χ0n) is 10.5. The third kappa shape index (κ3) is 2.19. The molecular weight excluding hydrogens is 234 g/mol. The van der Waals surface area contributed by atoms with E-state index in [0.717, 1.165) is 5.56 Å². The molecule has 5 nitrogen and oxygen atoms in total. The zero-order chi connectivity index (χ0) is 13.3. The Morgan fingerprint density at radius 3 is 2.72 bits per heavy atom. The van der Waals surface area contributed by atoms with Crippen molar-refractivity contribution in [1.82, 2.24) is 4.90 Å². The number of carbonyl (C=O) groups excluding carboxylic acids is 1. The average Bonchev–Trinajstić information content (AvgIpc) is 2.34. The van der Waals surface area contributed by atoms with Crippen molar-refractivity contribution in [3.63, 3.8) is 0 Å². The van der Waals surface area contributed by atoms with Gasteiger partial charge in [0, 0.05) is 0 Å². The summed E-state index contributed by atoms with van der Waals surface area (Å²) in [5.41, 5.74) is 0.343. The summed E-state index contributed by atoms with van der Waals surface area (Å²) in [4.78, 5) is 13.7. The third-order valence-electron chi connectivity index (χ3n) is 3.14. The summed E-state index contributed by atoms with van der Waals surface area (Å²) >= 11 is 0. The number of rotatable bonds is 3. The number of aliphatic hydroxyl groups is 2. The van der Waals surface area contributed by atoms with Gasteiger partial charge >= 0.3 is 0 Å². The summed E-state index contributed by atoms with van der Waals surface area (Å²) in [7, 11) is 1.52. The lowest BCUT2D eigenvalue weighted by Crippen LogP contribution is -2.65. The first-order chi connectivity index (χ1) is 8.49. The summed E-state index contributed by atoms with van der Waals surface area (Å²) < 4.78 is 5.18. The average molecular weight is 251 g/mol. The molecule has 0 radical (unpaired) electrons. The van der Waals surface area contributed by atoms with Gasteiger partial charge in [0.15, 0.2) is 0 Å². The van der Waals surface area contributed by atoms with Gasteiger partial charge in [-0.15, -0.1) is 0 Å². The summed E-state index contributed by atoms with van der Waals surface area (Å²) in [5.74, 6) is 0.337. The fourth-order valence-corrected chi connectivity index (χ4v) is 2.05. The molecule has 0 spiro atoms. The van der Waals surface area contributed by atoms with Crippen LogP contribution in [0.4, 0.5) is 0 Å². The Morgan fingerprint density at radius 2 is 2.17 bits per heavy atom. The molecule has 1 aromatic carbocycles. The number of hydrogen-bond acceptors (Lipinski definition) is 4. The maximum atomic E-state index is 12.2. The smallest absolute Gasteiger partial charge is 0.257 e. The first-order valence-electron chi connectivity index (χ1n) is 5.76. The van der Waals surface area contributed by atoms with Crippen molar-refractivity contribution in [2.75, 3.05) is 26.8 Å². The number of likely N-dealkylation sites (tertiary alicyclic amines) is 1. The topological polar surface area (TPSA) is 70.0 Å². The van der Waals surface area contributed by atoms with Gasteiger partial charge in [-0.25, -0.2) is 0 Å². The minimum Gasteiger partial charge on any atom is -0.496 e. The molecule has 0 aromatic heterocycles. The van der Waals surface area contributed by atoms with Crippen molar-refractivity contribution >= 4 is 5.91 Å². The Balaban J connectivity index is 2.16. The summed E-state index contributed by atoms with van der Waals surface area (Å²) in [6.45, 7) is 1.89. The van der Waals surface area contributed by atoms with Crippen molar-refractivity contribution in [3.8, 4) is 5.75 Å². The second-order valence-corrected chi connectivity index (χ2v) is 4.75. The molecule has 1 saturated heterocycles. The molecule has 0 unspecified atom stereocenters. The number of ether oxygens (including phenoxy) is 1. The minimum absolute atomic E-state index is 0.152. The molecule has 1 fully saturated rings. The highest BCUT2D eigenvalue weighted by atomic mass is 16.5. The van der Waals surface area contributed by atoms with E-state index in [4.69, 9.17) is 9.84 Å². The molecule has 1 aliphatic heterocycles. The van der Waals surface area contributed by atoms with Crippen molar-refractivity contribution in [2.45, 2.75) is 12.5 Å². The van der Waals surface area contributed by atoms with E-state index in [1.165, 1.54) is 12.0 Å². The Bertz CT molecular complexity index is 466. The number of nitrogens with zero attached hydrogens (tertiary/aromatic N) is 1. The molecule has 0 atom stereocenters. The Hall–Kier alpha value is -1.59. The molecule has 0 aliphatic carbocycles. The molecule has 2 rings (SSSR count). The van der Waals surface area contributed by atoms with Crippen LogP contribution in [0.25, 0.3) is 0 Å². The van der Waals surface area contributed by atoms with Crippen molar-refractivity contribution in [3.05, 3.63) is 29.3 Å². The number of aliphatic hydroxyl groups excluding tert-OH is 1. The Kier molecular flexibility index (Phi) is 3.28. The second kappa shape index (κ2) is 4.59. The molecule has 18 heavy (non-hydrogen) atoms. The molecule has 1 aliphatic rings. The predicted octanol–water partition coefficient (Wildman–Crippen LogP) is 0.183. The van der Waals surface area contributed by atoms with Crippen LogP contribution in [0, 0.1) is 6.92 Å². The van der Waals surface area contributed by atoms with Gasteiger partial charge in [0.05, 0.1) is 32.4 Å². The van der Waals surface area contributed by atoms with Gasteiger partial charge < -0.3 is 19.8 Å². The number of methoxy groups -OCH3 is 1. The lowest BCUT2D eigenvalue weighted by Gasteiger charge is -2.45. The lowest BCUT2D eigenvalue weighted by molar-refractivity contribution is -0.109. The fourth-order valence-electron chi connectivity index (χ4n) is 2.05. The van der Waals surface area contributed by atoms with Gasteiger partial charge in [0.1, 0.15) is 11.4 Å². The highest BCUT2D eigenvalue weighted by molar-refractivity contribution is 5.97. The van der Waals surface area contributed by atoms with Crippen LogP contribution in [0.3, 0.4) is 0 Å². The summed E-state index contributed by atoms with van der Waals surface area (Å²) in [5, 5.41) is 18.6. The zero-order valence-corrected chi connectivity index (χ0v) is 10.5. The number of aryl methyl sites for hydroxylation is 1. The molecule has 0 bridgehead atoms. The molecule has 98 valence electrons. The van der Waals surface area contributed by atoms with Gasteiger partial charge in [-0.3, -0.25) is 4.79 Å². The maximum absolute atomic E-state index is 12.2. The van der Waals surface area contributed by atoms with E-state index in [2.05, 4.69) is 0 Å². The Morgan fingerprint density at radius 1 is 1.50 bits per heavy atom. The fraction of sp³-hybridized carbons (Fsp3) is 0.462. The van der Waals surface area contributed by atoms with Crippen LogP contribution in [-0.4, -0.2) is 53.4 Å². The molecule has 1 heterocycles. The molecule has 2 N–H and O–H groups in total. The number of amides is 1. The predicted molar refractivity (Wildman–Crippen MR) is 65.7 cm³/mol. The van der Waals surface area contributed by atoms with E-state index in [0.29, 0.717) is 11.3 Å². The van der Waals surface area contributed by atoms with E-state index in [-0.39, 0.29) is 25.6 Å². The van der Waals surface area contributed by atoms with Gasteiger partial charge in [0.25, 0.3) is 5.91 Å². The third-order valence-corrected chi connectivity index (χ3v) is 3.14. The van der Waals surface area contributed by atoms with Crippen LogP contribution in [0.2, 0.25) is 0 Å². The summed E-state index contributed by atoms with van der Waals surface area (Å²) in [6, 6.07) is 5.35. The highest BCUT2D eigenvalue weighted by Gasteiger charge is 2.43. The maximum Gasteiger partial charge on any atom is 0.257 e. The second-order valence-electron chi connectivity index (χ2n) is 4.75. The first-order valence-corrected chi connectivity index (χ1v) is 5.76. The van der Waals surface area contributed by atoms with E-state index in [1.54, 1.807) is 12.1 Å². The summed E-state index contributed by atoms with van der Waals surface area (Å²) in [6.07, 6.45) is 0. The van der Waals surface area contributed by atoms with Crippen LogP contribution in [0.15, 0.2) is 18.2 Å². The van der Waals surface area contributed by atoms with Gasteiger partial charge in [0.2, 0.25) is 0 Å². The largest absolute Gasteiger partial charge is 0.496 e. The minimum atomic E-state index is -1.15. The molecule has 1 aromatic rings. The molecule has 0 saturated carbocycles. The lowest BCUT2D eigenvalue weighted by atomic mass is 9.94. The number of carbonyl (C=O) groups is 1. The van der Waals surface area contributed by atoms with Gasteiger partial charge in [-0.05, 0) is 24.6 Å². The van der Waals surface area contributed by atoms with Crippen molar-refractivity contribution in [1.29, 1.82) is 0 Å². The quantitative estimate of drug-likeness (QED) is 0.804. The monoisotopic (exact) mass is 251 g/mol. The molecular formula is C13H17NO4. The van der Waals surface area contributed by atoms with Crippen molar-refractivity contribution < 1.29 is 19.7 Å². The molecule has 1 amide bonds. The van der Waals surface area contributed by atoms with Crippen LogP contribution in [-0.2, 0) is 0 Å².